The Balaban J connectivity index is 1.16. The summed E-state index contributed by atoms with van der Waals surface area (Å²) in [6.45, 7) is 3.59. The fraction of sp³-hybridized carbons (Fsp3) is 0.394. The van der Waals surface area contributed by atoms with Crippen LogP contribution in [0.2, 0.25) is 0 Å². The zero-order valence-electron chi connectivity index (χ0n) is 22.9. The number of aliphatic imine (C=N–C) groups is 1. The standard InChI is InChI=1S/C33H38BrFN4O/c34-27-13-15-28(25-8-4-9-25)26(20-27)12-14-29-30(10-5-11-31(29)35)32(40)38-33(36)37-21-23-16-18-39(19-17-23)22-24-6-2-1-3-7-24/h1-3,5-7,10-11,13,15,20,23,25H,4,8-9,12,14,16-19,21-22H2,(H3,36,37,38,40). The number of nitrogens with two attached hydrogens (primary N) is 1. The molecule has 0 aromatic heterocycles. The molecule has 2 aliphatic rings. The van der Waals surface area contributed by atoms with Crippen molar-refractivity contribution >= 4 is 27.8 Å². The van der Waals surface area contributed by atoms with Crippen molar-refractivity contribution in [2.24, 2.45) is 16.6 Å². The molecule has 1 heterocycles. The van der Waals surface area contributed by atoms with Crippen LogP contribution < -0.4 is 11.1 Å². The lowest BCUT2D eigenvalue weighted by atomic mass is 9.77. The zero-order valence-corrected chi connectivity index (χ0v) is 24.5. The van der Waals surface area contributed by atoms with Crippen molar-refractivity contribution in [3.05, 3.63) is 105 Å². The van der Waals surface area contributed by atoms with Crippen molar-refractivity contribution in [2.45, 2.75) is 57.4 Å². The summed E-state index contributed by atoms with van der Waals surface area (Å²) in [4.78, 5) is 20.1. The van der Waals surface area contributed by atoms with E-state index in [-0.39, 0.29) is 11.8 Å². The minimum atomic E-state index is -0.415. The highest BCUT2D eigenvalue weighted by atomic mass is 79.9. The van der Waals surface area contributed by atoms with E-state index in [0.29, 0.717) is 42.3 Å². The van der Waals surface area contributed by atoms with Crippen molar-refractivity contribution in [3.8, 4) is 0 Å². The van der Waals surface area contributed by atoms with E-state index in [1.165, 1.54) is 42.0 Å². The number of aryl methyl sites for hydroxylation is 1. The van der Waals surface area contributed by atoms with Crippen LogP contribution >= 0.6 is 15.9 Å². The number of hydrogen-bond donors (Lipinski definition) is 2. The van der Waals surface area contributed by atoms with Gasteiger partial charge in [0.2, 0.25) is 0 Å². The average molecular weight is 606 g/mol. The van der Waals surface area contributed by atoms with E-state index in [1.54, 1.807) is 12.1 Å². The number of nitrogens with zero attached hydrogens (tertiary/aromatic N) is 2. The Morgan fingerprint density at radius 1 is 1.00 bits per heavy atom. The summed E-state index contributed by atoms with van der Waals surface area (Å²) in [5.41, 5.74) is 10.7. The molecule has 3 aromatic carbocycles. The van der Waals surface area contributed by atoms with Crippen molar-refractivity contribution in [1.29, 1.82) is 0 Å². The number of amides is 1. The lowest BCUT2D eigenvalue weighted by Crippen LogP contribution is -2.38. The van der Waals surface area contributed by atoms with Crippen LogP contribution in [0.5, 0.6) is 0 Å². The van der Waals surface area contributed by atoms with Gasteiger partial charge in [0.25, 0.3) is 5.91 Å². The number of piperidine rings is 1. The maximum absolute atomic E-state index is 15.0. The second-order valence-corrected chi connectivity index (χ2v) is 12.0. The lowest BCUT2D eigenvalue weighted by Gasteiger charge is -2.31. The number of nitrogens with one attached hydrogen (secondary N) is 1. The topological polar surface area (TPSA) is 70.7 Å². The molecule has 2 fully saturated rings. The Labute approximate surface area is 245 Å². The molecule has 1 aliphatic carbocycles. The van der Waals surface area contributed by atoms with Gasteiger partial charge in [0.1, 0.15) is 5.82 Å². The smallest absolute Gasteiger partial charge is 0.258 e. The molecule has 1 aliphatic heterocycles. The van der Waals surface area contributed by atoms with Crippen LogP contribution in [-0.4, -0.2) is 36.4 Å². The van der Waals surface area contributed by atoms with E-state index in [4.69, 9.17) is 5.73 Å². The number of hydrogen-bond acceptors (Lipinski definition) is 3. The minimum Gasteiger partial charge on any atom is -0.370 e. The van der Waals surface area contributed by atoms with E-state index in [0.717, 1.165) is 36.9 Å². The molecule has 0 radical (unpaired) electrons. The molecule has 210 valence electrons. The molecule has 3 aromatic rings. The van der Waals surface area contributed by atoms with Gasteiger partial charge in [0.05, 0.1) is 0 Å². The van der Waals surface area contributed by atoms with Gasteiger partial charge in [-0.15, -0.1) is 0 Å². The fourth-order valence-electron chi connectivity index (χ4n) is 5.81. The maximum atomic E-state index is 15.0. The van der Waals surface area contributed by atoms with Gasteiger partial charge in [-0.05, 0) is 104 Å². The molecule has 0 bridgehead atoms. The first-order chi connectivity index (χ1) is 19.5. The van der Waals surface area contributed by atoms with E-state index in [2.05, 4.69) is 73.6 Å². The SMILES string of the molecule is NC(=NCC1CCN(Cc2ccccc2)CC1)NC(=O)c1cccc(F)c1CCc1cc(Br)ccc1C1CCC1. The summed E-state index contributed by atoms with van der Waals surface area (Å²) in [5, 5.41) is 2.70. The molecule has 1 amide bonds. The van der Waals surface area contributed by atoms with E-state index >= 15 is 0 Å². The lowest BCUT2D eigenvalue weighted by molar-refractivity contribution is 0.0975. The Bertz CT molecular complexity index is 1330. The molecular weight excluding hydrogens is 567 g/mol. The first kappa shape index (κ1) is 28.5. The predicted octanol–water partition coefficient (Wildman–Crippen LogP) is 6.60. The largest absolute Gasteiger partial charge is 0.370 e. The van der Waals surface area contributed by atoms with E-state index < -0.39 is 5.91 Å². The third kappa shape index (κ3) is 7.38. The molecule has 5 nitrogen and oxygen atoms in total. The molecule has 0 unspecified atom stereocenters. The average Bonchev–Trinajstić information content (AvgIpc) is 2.92. The number of guanidine groups is 1. The highest BCUT2D eigenvalue weighted by molar-refractivity contribution is 9.10. The van der Waals surface area contributed by atoms with E-state index in [9.17, 15) is 9.18 Å². The number of carbonyl (C=O) groups excluding carboxylic acids is 1. The Kier molecular flexibility index (Phi) is 9.66. The highest BCUT2D eigenvalue weighted by Gasteiger charge is 2.23. The number of benzene rings is 3. The molecule has 5 rings (SSSR count). The molecule has 1 saturated carbocycles. The quantitative estimate of drug-likeness (QED) is 0.213. The molecule has 1 saturated heterocycles. The number of halogens is 2. The van der Waals surface area contributed by atoms with Crippen molar-refractivity contribution in [3.63, 3.8) is 0 Å². The first-order valence-electron chi connectivity index (χ1n) is 14.4. The second kappa shape index (κ2) is 13.6. The van der Waals surface area contributed by atoms with Crippen LogP contribution in [0, 0.1) is 11.7 Å². The maximum Gasteiger partial charge on any atom is 0.258 e. The van der Waals surface area contributed by atoms with Gasteiger partial charge in [-0.1, -0.05) is 64.8 Å². The van der Waals surface area contributed by atoms with Crippen molar-refractivity contribution in [2.75, 3.05) is 19.6 Å². The van der Waals surface area contributed by atoms with Crippen LogP contribution in [0.15, 0.2) is 76.2 Å². The minimum absolute atomic E-state index is 0.0891. The predicted molar refractivity (Wildman–Crippen MR) is 163 cm³/mol. The number of rotatable bonds is 9. The summed E-state index contributed by atoms with van der Waals surface area (Å²) in [5.74, 6) is 0.319. The molecular formula is C33H38BrFN4O. The van der Waals surface area contributed by atoms with Gasteiger partial charge in [-0.3, -0.25) is 20.0 Å². The van der Waals surface area contributed by atoms with E-state index in [1.807, 2.05) is 6.07 Å². The van der Waals surface area contributed by atoms with Crippen molar-refractivity contribution in [1.82, 2.24) is 10.2 Å². The van der Waals surface area contributed by atoms with Gasteiger partial charge in [0, 0.05) is 28.7 Å². The summed E-state index contributed by atoms with van der Waals surface area (Å²) in [6.07, 6.45) is 6.85. The van der Waals surface area contributed by atoms with Crippen LogP contribution in [-0.2, 0) is 19.4 Å². The molecule has 3 N–H and O–H groups in total. The Hall–Kier alpha value is -3.03. The summed E-state index contributed by atoms with van der Waals surface area (Å²) < 4.78 is 16.0. The van der Waals surface area contributed by atoms with Gasteiger partial charge < -0.3 is 5.73 Å². The summed E-state index contributed by atoms with van der Waals surface area (Å²) in [6, 6.07) is 21.6. The third-order valence-corrected chi connectivity index (χ3v) is 8.87. The molecule has 40 heavy (non-hydrogen) atoms. The van der Waals surface area contributed by atoms with Crippen LogP contribution in [0.3, 0.4) is 0 Å². The van der Waals surface area contributed by atoms with Gasteiger partial charge in [-0.25, -0.2) is 4.39 Å². The van der Waals surface area contributed by atoms with Crippen molar-refractivity contribution < 1.29 is 9.18 Å². The first-order valence-corrected chi connectivity index (χ1v) is 15.2. The summed E-state index contributed by atoms with van der Waals surface area (Å²) >= 11 is 3.58. The molecule has 0 spiro atoms. The third-order valence-electron chi connectivity index (χ3n) is 8.38. The highest BCUT2D eigenvalue weighted by Crippen LogP contribution is 2.39. The van der Waals surface area contributed by atoms with Gasteiger partial charge in [0.15, 0.2) is 5.96 Å². The van der Waals surface area contributed by atoms with Crippen LogP contribution in [0.1, 0.15) is 70.6 Å². The Morgan fingerprint density at radius 3 is 2.50 bits per heavy atom. The second-order valence-electron chi connectivity index (χ2n) is 11.1. The fourth-order valence-corrected chi connectivity index (χ4v) is 6.22. The summed E-state index contributed by atoms with van der Waals surface area (Å²) in [7, 11) is 0. The Morgan fingerprint density at radius 2 is 1.77 bits per heavy atom. The molecule has 7 heteroatoms. The normalized spacial score (nSPS) is 17.0. The van der Waals surface area contributed by atoms with Gasteiger partial charge in [-0.2, -0.15) is 0 Å². The zero-order chi connectivity index (χ0) is 27.9. The van der Waals surface area contributed by atoms with Crippen LogP contribution in [0.25, 0.3) is 0 Å². The molecule has 0 atom stereocenters. The van der Waals surface area contributed by atoms with Gasteiger partial charge >= 0.3 is 0 Å². The number of carbonyl (C=O) groups is 1. The number of likely N-dealkylation sites (tertiary alicyclic amines) is 1. The monoisotopic (exact) mass is 604 g/mol. The van der Waals surface area contributed by atoms with Crippen LogP contribution in [0.4, 0.5) is 4.39 Å².